The lowest BCUT2D eigenvalue weighted by Crippen LogP contribution is -2.52. The first-order valence-electron chi connectivity index (χ1n) is 13.3. The molecule has 1 aliphatic heterocycles. The van der Waals surface area contributed by atoms with E-state index in [4.69, 9.17) is 24.1 Å². The van der Waals surface area contributed by atoms with Crippen LogP contribution in [0.4, 0.5) is 15.8 Å². The number of anilines is 2. The van der Waals surface area contributed by atoms with Crippen molar-refractivity contribution in [3.05, 3.63) is 65.5 Å². The number of nitrogens with one attached hydrogen (secondary N) is 1. The minimum Gasteiger partial charge on any atom is -0.496 e. The van der Waals surface area contributed by atoms with Crippen LogP contribution in [0.3, 0.4) is 0 Å². The van der Waals surface area contributed by atoms with Gasteiger partial charge in [-0.25, -0.2) is 9.18 Å². The maximum atomic E-state index is 14.0. The lowest BCUT2D eigenvalue weighted by Gasteiger charge is -2.39. The molecule has 41 heavy (non-hydrogen) atoms. The number of carbonyl (C=O) groups excluding carboxylic acids is 2. The second-order valence-corrected chi connectivity index (χ2v) is 10.3. The van der Waals surface area contributed by atoms with Crippen LogP contribution in [0.5, 0.6) is 17.2 Å². The van der Waals surface area contributed by atoms with Gasteiger partial charge in [0.1, 0.15) is 41.8 Å². The zero-order valence-corrected chi connectivity index (χ0v) is 24.0. The summed E-state index contributed by atoms with van der Waals surface area (Å²) in [7, 11) is 3.24. The Kier molecular flexibility index (Phi) is 8.72. The van der Waals surface area contributed by atoms with Crippen molar-refractivity contribution in [3.8, 4) is 28.4 Å². The van der Waals surface area contributed by atoms with E-state index in [0.29, 0.717) is 40.5 Å². The molecule has 0 aliphatic carbocycles. The van der Waals surface area contributed by atoms with Gasteiger partial charge in [0.15, 0.2) is 0 Å². The molecule has 0 unspecified atom stereocenters. The molecule has 0 radical (unpaired) electrons. The number of hydrogen-bond acceptors (Lipinski definition) is 8. The Bertz CT molecular complexity index is 1460. The number of rotatable bonds is 10. The van der Waals surface area contributed by atoms with Crippen molar-refractivity contribution in [2.75, 3.05) is 31.0 Å². The van der Waals surface area contributed by atoms with Gasteiger partial charge in [-0.1, -0.05) is 19.1 Å². The summed E-state index contributed by atoms with van der Waals surface area (Å²) in [5.74, 6) is -0.0707. The summed E-state index contributed by atoms with van der Waals surface area (Å²) >= 11 is 0. The first-order valence-corrected chi connectivity index (χ1v) is 13.3. The molecule has 0 aromatic heterocycles. The standard InChI is InChI=1S/C31H35FN2O7/c1-7-28(41-27(36)16-35)40-20-10-11-22(26(15-20)38-6)21-12-13-24-29(34(5)30(37)31(3,4)33-24)23(21)17-39-25-14-19(32)9-8-18(25)2/h8-15,28,33,35H,7,16-17H2,1-6H3/t28-/m0/s1. The third kappa shape index (κ3) is 6.22. The van der Waals surface area contributed by atoms with E-state index in [0.717, 1.165) is 16.8 Å². The van der Waals surface area contributed by atoms with E-state index in [1.165, 1.54) is 19.2 Å². The summed E-state index contributed by atoms with van der Waals surface area (Å²) in [6.45, 7) is 6.55. The van der Waals surface area contributed by atoms with E-state index in [2.05, 4.69) is 5.32 Å². The van der Waals surface area contributed by atoms with Crippen LogP contribution >= 0.6 is 0 Å². The zero-order valence-electron chi connectivity index (χ0n) is 24.0. The number of halogens is 1. The fourth-order valence-electron chi connectivity index (χ4n) is 4.80. The Labute approximate surface area is 238 Å². The number of aryl methyl sites for hydroxylation is 1. The van der Waals surface area contributed by atoms with E-state index in [1.54, 1.807) is 43.1 Å². The van der Waals surface area contributed by atoms with Gasteiger partial charge < -0.3 is 34.3 Å². The maximum Gasteiger partial charge on any atom is 0.334 e. The molecule has 0 saturated heterocycles. The zero-order chi connectivity index (χ0) is 29.9. The van der Waals surface area contributed by atoms with Gasteiger partial charge in [0.05, 0.1) is 18.5 Å². The number of benzene rings is 3. The van der Waals surface area contributed by atoms with Gasteiger partial charge in [0.2, 0.25) is 6.29 Å². The number of fused-ring (bicyclic) bond motifs is 1. The molecule has 1 heterocycles. The second kappa shape index (κ2) is 12.1. The summed E-state index contributed by atoms with van der Waals surface area (Å²) in [5.41, 5.74) is 3.49. The summed E-state index contributed by atoms with van der Waals surface area (Å²) in [6, 6.07) is 13.4. The number of ether oxygens (including phenoxy) is 4. The van der Waals surface area contributed by atoms with Crippen molar-refractivity contribution in [3.63, 3.8) is 0 Å². The van der Waals surface area contributed by atoms with Crippen LogP contribution in [0, 0.1) is 12.7 Å². The van der Waals surface area contributed by atoms with E-state index in [1.807, 2.05) is 32.9 Å². The topological polar surface area (TPSA) is 107 Å². The predicted octanol–water partition coefficient (Wildman–Crippen LogP) is 5.21. The third-order valence-corrected chi connectivity index (χ3v) is 6.88. The monoisotopic (exact) mass is 566 g/mol. The van der Waals surface area contributed by atoms with Crippen LogP contribution in [0.15, 0.2) is 48.5 Å². The minimum atomic E-state index is -0.887. The highest BCUT2D eigenvalue weighted by molar-refractivity contribution is 6.08. The van der Waals surface area contributed by atoms with Crippen molar-refractivity contribution in [2.24, 2.45) is 0 Å². The molecule has 2 N–H and O–H groups in total. The van der Waals surface area contributed by atoms with Crippen LogP contribution in [0.1, 0.15) is 38.3 Å². The number of likely N-dealkylation sites (N-methyl/N-ethyl adjacent to an activating group) is 1. The van der Waals surface area contributed by atoms with Crippen molar-refractivity contribution in [1.29, 1.82) is 0 Å². The lowest BCUT2D eigenvalue weighted by atomic mass is 9.91. The Morgan fingerprint density at radius 2 is 1.83 bits per heavy atom. The van der Waals surface area contributed by atoms with Gasteiger partial charge in [-0.05, 0) is 56.2 Å². The molecule has 218 valence electrons. The fourth-order valence-corrected chi connectivity index (χ4v) is 4.80. The molecule has 0 saturated carbocycles. The third-order valence-electron chi connectivity index (χ3n) is 6.88. The lowest BCUT2D eigenvalue weighted by molar-refractivity contribution is -0.167. The van der Waals surface area contributed by atoms with Crippen molar-refractivity contribution in [2.45, 2.75) is 52.6 Å². The molecule has 1 atom stereocenters. The van der Waals surface area contributed by atoms with E-state index in [-0.39, 0.29) is 12.5 Å². The maximum absolute atomic E-state index is 14.0. The van der Waals surface area contributed by atoms with E-state index in [9.17, 15) is 14.0 Å². The Balaban J connectivity index is 1.79. The molecule has 3 aromatic rings. The van der Waals surface area contributed by atoms with Crippen LogP contribution in [-0.4, -0.2) is 49.6 Å². The average Bonchev–Trinajstić information content (AvgIpc) is 2.95. The van der Waals surface area contributed by atoms with Gasteiger partial charge in [0, 0.05) is 36.7 Å². The van der Waals surface area contributed by atoms with Gasteiger partial charge in [-0.15, -0.1) is 0 Å². The van der Waals surface area contributed by atoms with E-state index >= 15 is 0 Å². The number of methoxy groups -OCH3 is 1. The number of amides is 1. The van der Waals surface area contributed by atoms with Crippen LogP contribution in [0.25, 0.3) is 11.1 Å². The molecule has 1 aliphatic rings. The smallest absolute Gasteiger partial charge is 0.334 e. The van der Waals surface area contributed by atoms with Crippen LogP contribution in [0.2, 0.25) is 0 Å². The predicted molar refractivity (Wildman–Crippen MR) is 153 cm³/mol. The molecule has 0 fully saturated rings. The van der Waals surface area contributed by atoms with Crippen molar-refractivity contribution in [1.82, 2.24) is 0 Å². The van der Waals surface area contributed by atoms with Gasteiger partial charge in [0.25, 0.3) is 5.91 Å². The SMILES string of the molecule is CC[C@H](OC(=O)CO)Oc1ccc(-c2ccc3c(c2COc2cc(F)ccc2C)N(C)C(=O)C(C)(C)N3)c(OC)c1. The summed E-state index contributed by atoms with van der Waals surface area (Å²) < 4.78 is 36.8. The summed E-state index contributed by atoms with van der Waals surface area (Å²) in [5, 5.41) is 12.3. The molecule has 0 spiro atoms. The number of hydrogen-bond donors (Lipinski definition) is 2. The van der Waals surface area contributed by atoms with Crippen molar-refractivity contribution >= 4 is 23.3 Å². The second-order valence-electron chi connectivity index (χ2n) is 10.3. The molecule has 4 rings (SSSR count). The molecular weight excluding hydrogens is 531 g/mol. The van der Waals surface area contributed by atoms with Crippen LogP contribution in [-0.2, 0) is 20.9 Å². The van der Waals surface area contributed by atoms with E-state index < -0.39 is 30.2 Å². The van der Waals surface area contributed by atoms with Gasteiger partial charge >= 0.3 is 5.97 Å². The number of aliphatic hydroxyl groups is 1. The number of carbonyl (C=O) groups is 2. The summed E-state index contributed by atoms with van der Waals surface area (Å²) in [6.07, 6.45) is -0.521. The summed E-state index contributed by atoms with van der Waals surface area (Å²) in [4.78, 5) is 26.4. The molecule has 1 amide bonds. The number of nitrogens with zero attached hydrogens (tertiary/aromatic N) is 1. The highest BCUT2D eigenvalue weighted by Crippen LogP contribution is 2.45. The first-order chi connectivity index (χ1) is 19.5. The first kappa shape index (κ1) is 29.7. The average molecular weight is 567 g/mol. The van der Waals surface area contributed by atoms with Crippen LogP contribution < -0.4 is 24.4 Å². The molecule has 3 aromatic carbocycles. The Morgan fingerprint density at radius 1 is 1.10 bits per heavy atom. The quantitative estimate of drug-likeness (QED) is 0.255. The molecule has 10 heteroatoms. The highest BCUT2D eigenvalue weighted by atomic mass is 19.1. The number of aliphatic hydroxyl groups excluding tert-OH is 1. The fraction of sp³-hybridized carbons (Fsp3) is 0.355. The Hall–Kier alpha value is -4.31. The minimum absolute atomic E-state index is 0.0406. The highest BCUT2D eigenvalue weighted by Gasteiger charge is 2.38. The largest absolute Gasteiger partial charge is 0.496 e. The van der Waals surface area contributed by atoms with Crippen molar-refractivity contribution < 1.29 is 38.0 Å². The number of esters is 1. The molecular formula is C31H35FN2O7. The van der Waals surface area contributed by atoms with Gasteiger partial charge in [-0.2, -0.15) is 0 Å². The molecule has 0 bridgehead atoms. The van der Waals surface area contributed by atoms with Gasteiger partial charge in [-0.3, -0.25) is 4.79 Å². The molecule has 9 nitrogen and oxygen atoms in total. The normalized spacial score (nSPS) is 14.5. The Morgan fingerprint density at radius 3 is 2.51 bits per heavy atom.